The molecule has 3 aliphatic heterocycles. The average molecular weight is 846 g/mol. The Bertz CT molecular complexity index is 1390. The maximum atomic E-state index is 14.3. The summed E-state index contributed by atoms with van der Waals surface area (Å²) in [7, 11) is 5.15. The molecular formula is C43H75NO15. The number of methoxy groups -OCH3 is 1. The molecule has 0 radical (unpaired) electrons. The van der Waals surface area contributed by atoms with Gasteiger partial charge in [-0.15, -0.1) is 0 Å². The van der Waals surface area contributed by atoms with E-state index in [1.165, 1.54) is 14.0 Å². The third-order valence-electron chi connectivity index (χ3n) is 12.9. The molecule has 59 heavy (non-hydrogen) atoms. The second-order valence-corrected chi connectivity index (χ2v) is 18.0. The number of hydrogen-bond acceptors (Lipinski definition) is 16. The van der Waals surface area contributed by atoms with Crippen molar-refractivity contribution in [3.05, 3.63) is 0 Å². The standard InChI is InChI=1S/C43H75NO15/c1-15-30-24(5)35(48)25(6)34(47)22(3)20-42(10,51)39(26(7)36(27(8)40(50)56-30)58-33-21-43(11,52-14)38(49)28(9)55-33)59-41-37(29(44(12)13)19-23(4)54-41)57-32(46)18-17-31(45)53-16-2/h22-30,33,35-39,41,48-49,51H,15-21H2,1-14H3/t22-,23-,24+,25+,26+,27-,28+,29+,30-,33+,35+,36+,37-,38+,39-,41+,42+,43-/m1/s1. The number of ketones is 1. The van der Waals surface area contributed by atoms with Gasteiger partial charge in [0.2, 0.25) is 0 Å². The van der Waals surface area contributed by atoms with Crippen LogP contribution in [0.25, 0.3) is 0 Å². The normalized spacial score (nSPS) is 43.1. The fourth-order valence-electron chi connectivity index (χ4n) is 9.12. The van der Waals surface area contributed by atoms with Crippen molar-refractivity contribution in [1.82, 2.24) is 4.90 Å². The summed E-state index contributed by atoms with van der Waals surface area (Å²) >= 11 is 0. The van der Waals surface area contributed by atoms with Crippen molar-refractivity contribution in [1.29, 1.82) is 0 Å². The topological polar surface area (TPSA) is 206 Å². The Morgan fingerprint density at radius 3 is 2.07 bits per heavy atom. The summed E-state index contributed by atoms with van der Waals surface area (Å²) in [5.41, 5.74) is -2.90. The van der Waals surface area contributed by atoms with Crippen LogP contribution < -0.4 is 0 Å². The quantitative estimate of drug-likeness (QED) is 0.190. The van der Waals surface area contributed by atoms with Crippen molar-refractivity contribution in [3.8, 4) is 0 Å². The van der Waals surface area contributed by atoms with Crippen LogP contribution in [0, 0.1) is 29.6 Å². The summed E-state index contributed by atoms with van der Waals surface area (Å²) in [6, 6.07) is -0.416. The number of carbonyl (C=O) groups excluding carboxylic acids is 4. The van der Waals surface area contributed by atoms with Gasteiger partial charge < -0.3 is 58.1 Å². The summed E-state index contributed by atoms with van der Waals surface area (Å²) in [6.07, 6.45) is -9.30. The molecule has 0 aromatic rings. The van der Waals surface area contributed by atoms with E-state index in [4.69, 9.17) is 37.9 Å². The van der Waals surface area contributed by atoms with E-state index in [9.17, 15) is 34.5 Å². The van der Waals surface area contributed by atoms with Gasteiger partial charge in [-0.2, -0.15) is 0 Å². The van der Waals surface area contributed by atoms with Gasteiger partial charge >= 0.3 is 17.9 Å². The van der Waals surface area contributed by atoms with Crippen LogP contribution in [-0.4, -0.2) is 150 Å². The maximum Gasteiger partial charge on any atom is 0.311 e. The number of cyclic esters (lactones) is 1. The van der Waals surface area contributed by atoms with E-state index < -0.39 is 126 Å². The fraction of sp³-hybridized carbons (Fsp3) is 0.907. The number of Topliss-reactive ketones (excluding diaryl/α,β-unsaturated/α-hetero) is 1. The third kappa shape index (κ3) is 12.7. The Morgan fingerprint density at radius 1 is 0.864 bits per heavy atom. The van der Waals surface area contributed by atoms with Gasteiger partial charge in [0.25, 0.3) is 0 Å². The van der Waals surface area contributed by atoms with E-state index in [0.29, 0.717) is 12.8 Å². The van der Waals surface area contributed by atoms with Crippen molar-refractivity contribution >= 4 is 23.7 Å². The molecule has 0 aromatic carbocycles. The monoisotopic (exact) mass is 846 g/mol. The van der Waals surface area contributed by atoms with Gasteiger partial charge in [0.1, 0.15) is 18.0 Å². The van der Waals surface area contributed by atoms with E-state index in [0.717, 1.165) is 0 Å². The van der Waals surface area contributed by atoms with Crippen LogP contribution in [0.3, 0.4) is 0 Å². The second-order valence-electron chi connectivity index (χ2n) is 18.0. The minimum atomic E-state index is -1.83. The molecule has 0 bridgehead atoms. The molecule has 0 aromatic heterocycles. The fourth-order valence-corrected chi connectivity index (χ4v) is 9.12. The lowest BCUT2D eigenvalue weighted by molar-refractivity contribution is -0.318. The highest BCUT2D eigenvalue weighted by atomic mass is 16.7. The lowest BCUT2D eigenvalue weighted by Gasteiger charge is -2.49. The number of rotatable bonds is 12. The first-order valence-electron chi connectivity index (χ1n) is 21.4. The molecule has 3 N–H and O–H groups in total. The molecule has 16 heteroatoms. The number of hydrogen-bond donors (Lipinski definition) is 3. The van der Waals surface area contributed by atoms with E-state index in [1.807, 2.05) is 32.8 Å². The van der Waals surface area contributed by atoms with Crippen LogP contribution in [0.4, 0.5) is 0 Å². The van der Waals surface area contributed by atoms with Crippen LogP contribution in [-0.2, 0) is 57.1 Å². The number of carbonyl (C=O) groups is 4. The van der Waals surface area contributed by atoms with Crippen molar-refractivity contribution < 1.29 is 72.4 Å². The molecule has 16 nitrogen and oxygen atoms in total. The lowest BCUT2D eigenvalue weighted by atomic mass is 9.74. The summed E-state index contributed by atoms with van der Waals surface area (Å²) in [6.45, 7) is 19.0. The Labute approximate surface area is 351 Å². The highest BCUT2D eigenvalue weighted by Crippen LogP contribution is 2.41. The molecule has 0 spiro atoms. The van der Waals surface area contributed by atoms with Crippen molar-refractivity contribution in [2.24, 2.45) is 29.6 Å². The lowest BCUT2D eigenvalue weighted by Crippen LogP contribution is -2.61. The largest absolute Gasteiger partial charge is 0.466 e. The van der Waals surface area contributed by atoms with Gasteiger partial charge in [0.05, 0.1) is 73.1 Å². The highest BCUT2D eigenvalue weighted by molar-refractivity contribution is 5.83. The van der Waals surface area contributed by atoms with Crippen molar-refractivity contribution in [2.75, 3.05) is 27.8 Å². The molecule has 0 aliphatic carbocycles. The SMILES string of the molecule is CCOC(=O)CCC(=O)O[C@H]1[C@H](O[C@@H]2[C@@H](C)[C@H](O[C@H]3C[C@@](C)(OC)[C@@H](O)[C@H](C)O3)[C@@H](C)C(=O)O[C@H](CC)[C@H](C)[C@H](O)[C@@H](C)C(=O)[C@H](C)C[C@]2(C)O)O[C@H](C)C[C@@H]1N(C)C. The molecule has 0 saturated carbocycles. The molecule has 0 unspecified atom stereocenters. The molecular weight excluding hydrogens is 770 g/mol. The van der Waals surface area contributed by atoms with E-state index >= 15 is 0 Å². The van der Waals surface area contributed by atoms with Gasteiger partial charge in [-0.25, -0.2) is 0 Å². The number of ether oxygens (including phenoxy) is 8. The first-order valence-corrected chi connectivity index (χ1v) is 21.4. The number of esters is 3. The number of aliphatic hydroxyl groups excluding tert-OH is 2. The average Bonchev–Trinajstić information content (AvgIpc) is 3.17. The zero-order chi connectivity index (χ0) is 44.7. The zero-order valence-electron chi connectivity index (χ0n) is 37.9. The van der Waals surface area contributed by atoms with Crippen LogP contribution in [0.2, 0.25) is 0 Å². The Balaban J connectivity index is 2.19. The van der Waals surface area contributed by atoms with Crippen LogP contribution in [0.15, 0.2) is 0 Å². The van der Waals surface area contributed by atoms with Gasteiger partial charge in [0.15, 0.2) is 18.7 Å². The predicted molar refractivity (Wildman–Crippen MR) is 215 cm³/mol. The summed E-state index contributed by atoms with van der Waals surface area (Å²) in [5.74, 6) is -6.27. The van der Waals surface area contributed by atoms with Crippen LogP contribution in [0.5, 0.6) is 0 Å². The second kappa shape index (κ2) is 21.7. The first kappa shape index (κ1) is 51.1. The van der Waals surface area contributed by atoms with E-state index in [1.54, 1.807) is 55.4 Å². The van der Waals surface area contributed by atoms with Crippen LogP contribution in [0.1, 0.15) is 115 Å². The smallest absolute Gasteiger partial charge is 0.311 e. The molecule has 3 aliphatic rings. The molecule has 3 rings (SSSR count). The molecule has 18 atom stereocenters. The highest BCUT2D eigenvalue weighted by Gasteiger charge is 2.53. The number of nitrogens with zero attached hydrogens (tertiary/aromatic N) is 1. The molecule has 3 saturated heterocycles. The molecule has 3 fully saturated rings. The molecule has 342 valence electrons. The Kier molecular flexibility index (Phi) is 18.8. The molecule has 0 amide bonds. The maximum absolute atomic E-state index is 14.3. The van der Waals surface area contributed by atoms with Gasteiger partial charge in [0, 0.05) is 37.2 Å². The first-order chi connectivity index (χ1) is 27.4. The number of aliphatic hydroxyl groups is 3. The predicted octanol–water partition coefficient (Wildman–Crippen LogP) is 3.56. The summed E-state index contributed by atoms with van der Waals surface area (Å²) < 4.78 is 49.1. The Hall–Kier alpha value is -2.28. The van der Waals surface area contributed by atoms with Crippen LogP contribution >= 0.6 is 0 Å². The van der Waals surface area contributed by atoms with Gasteiger partial charge in [-0.05, 0) is 74.9 Å². The van der Waals surface area contributed by atoms with Crippen molar-refractivity contribution in [2.45, 2.75) is 193 Å². The third-order valence-corrected chi connectivity index (χ3v) is 12.9. The van der Waals surface area contributed by atoms with E-state index in [-0.39, 0.29) is 38.1 Å². The number of likely N-dealkylation sites (N-methyl/N-ethyl adjacent to an activating group) is 1. The minimum absolute atomic E-state index is 0.0870. The summed E-state index contributed by atoms with van der Waals surface area (Å²) in [4.78, 5) is 55.6. The minimum Gasteiger partial charge on any atom is -0.466 e. The molecule has 3 heterocycles. The summed E-state index contributed by atoms with van der Waals surface area (Å²) in [5, 5.41) is 35.1. The zero-order valence-corrected chi connectivity index (χ0v) is 37.9. The van der Waals surface area contributed by atoms with Gasteiger partial charge in [-0.3, -0.25) is 19.2 Å². The van der Waals surface area contributed by atoms with E-state index in [2.05, 4.69) is 0 Å². The Morgan fingerprint density at radius 2 is 1.49 bits per heavy atom. The van der Waals surface area contributed by atoms with Gasteiger partial charge in [-0.1, -0.05) is 34.6 Å². The van der Waals surface area contributed by atoms with Crippen molar-refractivity contribution in [3.63, 3.8) is 0 Å².